The first-order valence-electron chi connectivity index (χ1n) is 11.5. The molecule has 0 saturated heterocycles. The molecule has 0 spiro atoms. The second kappa shape index (κ2) is 9.47. The fourth-order valence-corrected chi connectivity index (χ4v) is 5.27. The molecular formula is C26H35N3S. The first-order chi connectivity index (χ1) is 14.5. The molecule has 1 fully saturated rings. The fourth-order valence-electron chi connectivity index (χ4n) is 4.61. The van der Waals surface area contributed by atoms with Gasteiger partial charge in [-0.05, 0) is 61.0 Å². The molecule has 30 heavy (non-hydrogen) atoms. The molecule has 1 saturated carbocycles. The van der Waals surface area contributed by atoms with Gasteiger partial charge < -0.3 is 9.29 Å². The zero-order valence-corrected chi connectivity index (χ0v) is 19.5. The largest absolute Gasteiger partial charge is 0.328 e. The van der Waals surface area contributed by atoms with Gasteiger partial charge in [-0.2, -0.15) is 0 Å². The van der Waals surface area contributed by atoms with Gasteiger partial charge in [-0.1, -0.05) is 71.1 Å². The fraction of sp³-hybridized carbons (Fsp3) is 0.500. The number of nitrogens with zero attached hydrogens (tertiary/aromatic N) is 2. The molecule has 0 aliphatic heterocycles. The molecule has 1 aliphatic carbocycles. The van der Waals surface area contributed by atoms with E-state index in [1.54, 1.807) is 11.9 Å². The molecule has 1 aliphatic rings. The maximum atomic E-state index is 5.08. The molecule has 1 N–H and O–H groups in total. The van der Waals surface area contributed by atoms with Gasteiger partial charge in [0.1, 0.15) is 5.82 Å². The Labute approximate surface area is 185 Å². The van der Waals surface area contributed by atoms with Crippen molar-refractivity contribution in [2.75, 3.05) is 4.72 Å². The van der Waals surface area contributed by atoms with Crippen molar-refractivity contribution in [3.8, 4) is 0 Å². The standard InChI is InChI=1S/C26H35N3S/c1-26(2,3)25-27-23-19-21(28-30-22-14-8-5-9-15-22)16-17-24(23)29(25)18-10-13-20-11-6-4-7-12-20/h5,8-9,14-17,19-20,28H,4,6-7,10-13,18H2,1-3H3. The maximum Gasteiger partial charge on any atom is 0.115 e. The second-order valence-electron chi connectivity index (χ2n) is 9.70. The summed E-state index contributed by atoms with van der Waals surface area (Å²) in [6.07, 6.45) is 9.79. The van der Waals surface area contributed by atoms with E-state index in [2.05, 4.69) is 72.5 Å². The second-order valence-corrected chi connectivity index (χ2v) is 10.6. The third-order valence-electron chi connectivity index (χ3n) is 6.17. The van der Waals surface area contributed by atoms with E-state index < -0.39 is 0 Å². The van der Waals surface area contributed by atoms with E-state index in [1.165, 1.54) is 61.2 Å². The lowest BCUT2D eigenvalue weighted by atomic mass is 9.86. The molecule has 3 nitrogen and oxygen atoms in total. The van der Waals surface area contributed by atoms with Crippen molar-refractivity contribution in [3.63, 3.8) is 0 Å². The van der Waals surface area contributed by atoms with E-state index in [0.29, 0.717) is 0 Å². The molecule has 160 valence electrons. The number of hydrogen-bond donors (Lipinski definition) is 1. The Morgan fingerprint density at radius 2 is 1.80 bits per heavy atom. The Morgan fingerprint density at radius 1 is 1.03 bits per heavy atom. The van der Waals surface area contributed by atoms with Crippen LogP contribution in [0.4, 0.5) is 5.69 Å². The van der Waals surface area contributed by atoms with Gasteiger partial charge in [-0.15, -0.1) is 0 Å². The molecule has 0 radical (unpaired) electrons. The highest BCUT2D eigenvalue weighted by Gasteiger charge is 2.23. The van der Waals surface area contributed by atoms with Crippen molar-refractivity contribution < 1.29 is 0 Å². The van der Waals surface area contributed by atoms with E-state index in [4.69, 9.17) is 4.98 Å². The van der Waals surface area contributed by atoms with Crippen molar-refractivity contribution in [1.29, 1.82) is 0 Å². The van der Waals surface area contributed by atoms with E-state index >= 15 is 0 Å². The first kappa shape index (κ1) is 21.3. The molecule has 1 aromatic heterocycles. The summed E-state index contributed by atoms with van der Waals surface area (Å²) < 4.78 is 5.95. The molecule has 4 rings (SSSR count). The van der Waals surface area contributed by atoms with Gasteiger partial charge in [0.15, 0.2) is 0 Å². The average Bonchev–Trinajstić information content (AvgIpc) is 3.12. The number of hydrogen-bond acceptors (Lipinski definition) is 3. The number of nitrogens with one attached hydrogen (secondary N) is 1. The maximum absolute atomic E-state index is 5.08. The topological polar surface area (TPSA) is 29.9 Å². The lowest BCUT2D eigenvalue weighted by Crippen LogP contribution is -2.19. The summed E-state index contributed by atoms with van der Waals surface area (Å²) in [5.74, 6) is 2.14. The van der Waals surface area contributed by atoms with Crippen molar-refractivity contribution in [2.24, 2.45) is 5.92 Å². The summed E-state index contributed by atoms with van der Waals surface area (Å²) in [5.41, 5.74) is 3.50. The van der Waals surface area contributed by atoms with Crippen LogP contribution in [0.3, 0.4) is 0 Å². The lowest BCUT2D eigenvalue weighted by molar-refractivity contribution is 0.325. The number of aromatic nitrogens is 2. The van der Waals surface area contributed by atoms with Crippen molar-refractivity contribution in [1.82, 2.24) is 9.55 Å². The zero-order chi connectivity index (χ0) is 21.0. The van der Waals surface area contributed by atoms with Crippen molar-refractivity contribution in [2.45, 2.75) is 82.6 Å². The van der Waals surface area contributed by atoms with Crippen LogP contribution in [0.2, 0.25) is 0 Å². The highest BCUT2D eigenvalue weighted by atomic mass is 32.2. The van der Waals surface area contributed by atoms with Gasteiger partial charge in [0.05, 0.1) is 11.0 Å². The van der Waals surface area contributed by atoms with Crippen LogP contribution >= 0.6 is 11.9 Å². The minimum absolute atomic E-state index is 0.0379. The van der Waals surface area contributed by atoms with Crippen molar-refractivity contribution in [3.05, 3.63) is 54.4 Å². The lowest BCUT2D eigenvalue weighted by Gasteiger charge is -2.23. The van der Waals surface area contributed by atoms with Crippen molar-refractivity contribution >= 4 is 28.7 Å². The summed E-state index contributed by atoms with van der Waals surface area (Å²) in [6.45, 7) is 7.90. The third-order valence-corrected chi connectivity index (χ3v) is 7.01. The first-order valence-corrected chi connectivity index (χ1v) is 12.3. The Bertz CT molecular complexity index is 950. The van der Waals surface area contributed by atoms with Gasteiger partial charge in [-0.25, -0.2) is 4.98 Å². The Hall–Kier alpha value is -1.94. The average molecular weight is 422 g/mol. The number of aryl methyl sites for hydroxylation is 1. The molecule has 0 atom stereocenters. The predicted octanol–water partition coefficient (Wildman–Crippen LogP) is 7.81. The summed E-state index contributed by atoms with van der Waals surface area (Å²) in [7, 11) is 0. The molecule has 2 aromatic carbocycles. The monoisotopic (exact) mass is 421 g/mol. The Kier molecular flexibility index (Phi) is 6.72. The molecular weight excluding hydrogens is 386 g/mol. The molecule has 0 amide bonds. The highest BCUT2D eigenvalue weighted by molar-refractivity contribution is 8.00. The normalized spacial score (nSPS) is 15.6. The number of imidazole rings is 1. The van der Waals surface area contributed by atoms with Gasteiger partial charge in [-0.3, -0.25) is 0 Å². The smallest absolute Gasteiger partial charge is 0.115 e. The van der Waals surface area contributed by atoms with E-state index in [0.717, 1.165) is 23.7 Å². The summed E-state index contributed by atoms with van der Waals surface area (Å²) in [5, 5.41) is 0. The van der Waals surface area contributed by atoms with Crippen LogP contribution in [0, 0.1) is 5.92 Å². The number of anilines is 1. The van der Waals surface area contributed by atoms with Crippen LogP contribution in [0.25, 0.3) is 11.0 Å². The molecule has 0 unspecified atom stereocenters. The van der Waals surface area contributed by atoms with Crippen LogP contribution < -0.4 is 4.72 Å². The van der Waals surface area contributed by atoms with E-state index in [9.17, 15) is 0 Å². The Morgan fingerprint density at radius 3 is 2.53 bits per heavy atom. The highest BCUT2D eigenvalue weighted by Crippen LogP contribution is 2.31. The predicted molar refractivity (Wildman–Crippen MR) is 130 cm³/mol. The van der Waals surface area contributed by atoms with Crippen LogP contribution in [0.1, 0.15) is 71.5 Å². The molecule has 4 heteroatoms. The van der Waals surface area contributed by atoms with Gasteiger partial charge in [0, 0.05) is 22.5 Å². The van der Waals surface area contributed by atoms with Crippen LogP contribution in [-0.2, 0) is 12.0 Å². The summed E-state index contributed by atoms with van der Waals surface area (Å²) in [6, 6.07) is 17.0. The summed E-state index contributed by atoms with van der Waals surface area (Å²) >= 11 is 1.64. The number of rotatable bonds is 7. The Balaban J connectivity index is 1.50. The summed E-state index contributed by atoms with van der Waals surface area (Å²) in [4.78, 5) is 6.29. The minimum Gasteiger partial charge on any atom is -0.328 e. The minimum atomic E-state index is 0.0379. The van der Waals surface area contributed by atoms with Gasteiger partial charge in [0.2, 0.25) is 0 Å². The SMILES string of the molecule is CC(C)(C)c1nc2cc(NSc3ccccc3)ccc2n1CCCC1CCCCC1. The molecule has 1 heterocycles. The third kappa shape index (κ3) is 5.21. The van der Waals surface area contributed by atoms with Crippen LogP contribution in [0.15, 0.2) is 53.4 Å². The number of fused-ring (bicyclic) bond motifs is 1. The molecule has 0 bridgehead atoms. The zero-order valence-electron chi connectivity index (χ0n) is 18.7. The van der Waals surface area contributed by atoms with E-state index in [-0.39, 0.29) is 5.41 Å². The van der Waals surface area contributed by atoms with Gasteiger partial charge in [0.25, 0.3) is 0 Å². The van der Waals surface area contributed by atoms with E-state index in [1.807, 2.05) is 6.07 Å². The number of benzene rings is 2. The molecule has 3 aromatic rings. The van der Waals surface area contributed by atoms with Crippen LogP contribution in [-0.4, -0.2) is 9.55 Å². The van der Waals surface area contributed by atoms with Crippen LogP contribution in [0.5, 0.6) is 0 Å². The van der Waals surface area contributed by atoms with Gasteiger partial charge >= 0.3 is 0 Å². The quantitative estimate of drug-likeness (QED) is 0.394.